The van der Waals surface area contributed by atoms with Crippen molar-refractivity contribution < 1.29 is 5.11 Å². The zero-order valence-electron chi connectivity index (χ0n) is 12.3. The lowest BCUT2D eigenvalue weighted by Crippen LogP contribution is -2.31. The van der Waals surface area contributed by atoms with Crippen molar-refractivity contribution >= 4 is 17.3 Å². The van der Waals surface area contributed by atoms with Crippen molar-refractivity contribution in [3.63, 3.8) is 0 Å². The molecule has 0 bridgehead atoms. The number of aliphatic hydroxyl groups is 1. The van der Waals surface area contributed by atoms with E-state index in [0.29, 0.717) is 0 Å². The minimum atomic E-state index is 0.0811. The minimum Gasteiger partial charge on any atom is -0.394 e. The zero-order chi connectivity index (χ0) is 14.4. The maximum Gasteiger partial charge on any atom is 0.0632 e. The van der Waals surface area contributed by atoms with Gasteiger partial charge in [0.15, 0.2) is 0 Å². The number of nitrogens with zero attached hydrogens (tertiary/aromatic N) is 1. The summed E-state index contributed by atoms with van der Waals surface area (Å²) in [5.41, 5.74) is 2.14. The lowest BCUT2D eigenvalue weighted by molar-refractivity contribution is 0.270. The lowest BCUT2D eigenvalue weighted by atomic mass is 10.1. The third-order valence-electron chi connectivity index (χ3n) is 3.48. The normalized spacial score (nSPS) is 14.2. The fourth-order valence-corrected chi connectivity index (χ4v) is 2.27. The van der Waals surface area contributed by atoms with Gasteiger partial charge < -0.3 is 15.3 Å². The van der Waals surface area contributed by atoms with Gasteiger partial charge in [0.05, 0.1) is 6.61 Å². The van der Waals surface area contributed by atoms with Crippen LogP contribution in [-0.4, -0.2) is 31.3 Å². The number of hydrogen-bond donors (Lipinski definition) is 2. The van der Waals surface area contributed by atoms with Crippen molar-refractivity contribution in [3.8, 4) is 0 Å². The van der Waals surface area contributed by atoms with Crippen LogP contribution in [0.2, 0.25) is 5.02 Å². The summed E-state index contributed by atoms with van der Waals surface area (Å²) in [7, 11) is 1.96. The van der Waals surface area contributed by atoms with Gasteiger partial charge in [0.25, 0.3) is 0 Å². The average molecular weight is 285 g/mol. The molecule has 0 aliphatic carbocycles. The highest BCUT2D eigenvalue weighted by Crippen LogP contribution is 2.28. The van der Waals surface area contributed by atoms with Crippen LogP contribution in [0.25, 0.3) is 0 Å². The van der Waals surface area contributed by atoms with Crippen molar-refractivity contribution in [2.75, 3.05) is 25.1 Å². The Morgan fingerprint density at radius 3 is 2.58 bits per heavy atom. The molecule has 0 saturated heterocycles. The van der Waals surface area contributed by atoms with Gasteiger partial charge in [-0.1, -0.05) is 24.6 Å². The molecule has 3 nitrogen and oxygen atoms in total. The Hall–Kier alpha value is -0.770. The average Bonchev–Trinajstić information content (AvgIpc) is 2.42. The lowest BCUT2D eigenvalue weighted by Gasteiger charge is -2.26. The highest BCUT2D eigenvalue weighted by atomic mass is 35.5. The number of rotatable bonds is 7. The second-order valence-corrected chi connectivity index (χ2v) is 5.43. The minimum absolute atomic E-state index is 0.0811. The summed E-state index contributed by atoms with van der Waals surface area (Å²) in [4.78, 5) is 2.03. The number of halogens is 1. The van der Waals surface area contributed by atoms with Crippen LogP contribution in [0.4, 0.5) is 5.69 Å². The zero-order valence-corrected chi connectivity index (χ0v) is 13.0. The molecule has 0 fully saturated rings. The van der Waals surface area contributed by atoms with Crippen LogP contribution in [0.3, 0.4) is 0 Å². The third kappa shape index (κ3) is 4.37. The van der Waals surface area contributed by atoms with E-state index in [1.807, 2.05) is 24.9 Å². The summed E-state index contributed by atoms with van der Waals surface area (Å²) in [6.07, 6.45) is 1.11. The molecule has 0 radical (unpaired) electrons. The first-order valence-electron chi connectivity index (χ1n) is 6.87. The molecule has 4 heteroatoms. The van der Waals surface area contributed by atoms with Gasteiger partial charge in [-0.2, -0.15) is 0 Å². The summed E-state index contributed by atoms with van der Waals surface area (Å²) in [6, 6.07) is 6.41. The molecule has 0 aromatic heterocycles. The SMILES string of the molecule is CCCNC(C)c1ccc(N(C)C(C)CO)cc1Cl. The van der Waals surface area contributed by atoms with Crippen molar-refractivity contribution in [1.82, 2.24) is 5.32 Å². The summed E-state index contributed by atoms with van der Waals surface area (Å²) >= 11 is 6.37. The Morgan fingerprint density at radius 2 is 2.05 bits per heavy atom. The van der Waals surface area contributed by atoms with Crippen molar-refractivity contribution in [3.05, 3.63) is 28.8 Å². The van der Waals surface area contributed by atoms with Crippen LogP contribution in [0, 0.1) is 0 Å². The molecule has 2 atom stereocenters. The Balaban J connectivity index is 2.85. The van der Waals surface area contributed by atoms with Gasteiger partial charge in [0.2, 0.25) is 0 Å². The van der Waals surface area contributed by atoms with Gasteiger partial charge in [-0.3, -0.25) is 0 Å². The van der Waals surface area contributed by atoms with Crippen molar-refractivity contribution in [2.24, 2.45) is 0 Å². The quantitative estimate of drug-likeness (QED) is 0.807. The van der Waals surface area contributed by atoms with E-state index in [1.54, 1.807) is 0 Å². The number of likely N-dealkylation sites (N-methyl/N-ethyl adjacent to an activating group) is 1. The van der Waals surface area contributed by atoms with Crippen LogP contribution in [0.5, 0.6) is 0 Å². The van der Waals surface area contributed by atoms with E-state index in [0.717, 1.165) is 29.2 Å². The summed E-state index contributed by atoms with van der Waals surface area (Å²) < 4.78 is 0. The van der Waals surface area contributed by atoms with E-state index in [9.17, 15) is 5.11 Å². The van der Waals surface area contributed by atoms with Gasteiger partial charge in [0.1, 0.15) is 0 Å². The van der Waals surface area contributed by atoms with E-state index in [1.165, 1.54) is 0 Å². The molecule has 19 heavy (non-hydrogen) atoms. The highest BCUT2D eigenvalue weighted by Gasteiger charge is 2.13. The Kier molecular flexibility index (Phi) is 6.63. The fraction of sp³-hybridized carbons (Fsp3) is 0.600. The molecule has 0 saturated carbocycles. The van der Waals surface area contributed by atoms with Crippen LogP contribution in [-0.2, 0) is 0 Å². The van der Waals surface area contributed by atoms with Gasteiger partial charge >= 0.3 is 0 Å². The van der Waals surface area contributed by atoms with Gasteiger partial charge in [-0.15, -0.1) is 0 Å². The predicted octanol–water partition coefficient (Wildman–Crippen LogP) is 3.22. The monoisotopic (exact) mass is 284 g/mol. The van der Waals surface area contributed by atoms with Gasteiger partial charge in [0, 0.05) is 29.8 Å². The summed E-state index contributed by atoms with van der Waals surface area (Å²) in [5.74, 6) is 0. The van der Waals surface area contributed by atoms with Crippen LogP contribution < -0.4 is 10.2 Å². The number of hydrogen-bond acceptors (Lipinski definition) is 3. The number of nitrogens with one attached hydrogen (secondary N) is 1. The van der Waals surface area contributed by atoms with E-state index < -0.39 is 0 Å². The van der Waals surface area contributed by atoms with E-state index >= 15 is 0 Å². The molecular weight excluding hydrogens is 260 g/mol. The number of anilines is 1. The maximum absolute atomic E-state index is 9.19. The van der Waals surface area contributed by atoms with Crippen LogP contribution in [0.15, 0.2) is 18.2 Å². The van der Waals surface area contributed by atoms with E-state index in [2.05, 4.69) is 31.3 Å². The molecule has 0 amide bonds. The van der Waals surface area contributed by atoms with Crippen LogP contribution in [0.1, 0.15) is 38.8 Å². The molecule has 108 valence electrons. The smallest absolute Gasteiger partial charge is 0.0632 e. The molecule has 1 aromatic rings. The molecule has 0 aliphatic rings. The Bertz CT molecular complexity index is 398. The molecule has 2 N–H and O–H groups in total. The van der Waals surface area contributed by atoms with Crippen LogP contribution >= 0.6 is 11.6 Å². The van der Waals surface area contributed by atoms with Gasteiger partial charge in [-0.05, 0) is 44.5 Å². The largest absolute Gasteiger partial charge is 0.394 e. The highest BCUT2D eigenvalue weighted by molar-refractivity contribution is 6.31. The predicted molar refractivity (Wildman–Crippen MR) is 83.1 cm³/mol. The van der Waals surface area contributed by atoms with Crippen molar-refractivity contribution in [2.45, 2.75) is 39.3 Å². The maximum atomic E-state index is 9.19. The third-order valence-corrected chi connectivity index (χ3v) is 3.81. The van der Waals surface area contributed by atoms with E-state index in [-0.39, 0.29) is 18.7 Å². The second kappa shape index (κ2) is 7.73. The first kappa shape index (κ1) is 16.3. The summed E-state index contributed by atoms with van der Waals surface area (Å²) in [6.45, 7) is 7.37. The van der Waals surface area contributed by atoms with E-state index in [4.69, 9.17) is 11.6 Å². The first-order valence-corrected chi connectivity index (χ1v) is 7.25. The standard InChI is InChI=1S/C15H25ClN2O/c1-5-8-17-12(3)14-7-6-13(9-15(14)16)18(4)11(2)10-19/h6-7,9,11-12,17,19H,5,8,10H2,1-4H3. The topological polar surface area (TPSA) is 35.5 Å². The molecule has 0 heterocycles. The number of benzene rings is 1. The Morgan fingerprint density at radius 1 is 1.37 bits per heavy atom. The molecule has 0 aliphatic heterocycles. The molecule has 1 aromatic carbocycles. The fourth-order valence-electron chi connectivity index (χ4n) is 1.93. The molecule has 2 unspecified atom stereocenters. The number of aliphatic hydroxyl groups excluding tert-OH is 1. The Labute approximate surface area is 121 Å². The molecule has 1 rings (SSSR count). The second-order valence-electron chi connectivity index (χ2n) is 5.02. The van der Waals surface area contributed by atoms with Crippen molar-refractivity contribution in [1.29, 1.82) is 0 Å². The molecular formula is C15H25ClN2O. The molecule has 0 spiro atoms. The summed E-state index contributed by atoms with van der Waals surface area (Å²) in [5, 5.41) is 13.4. The first-order chi connectivity index (χ1) is 9.01. The van der Waals surface area contributed by atoms with Gasteiger partial charge in [-0.25, -0.2) is 0 Å².